The smallest absolute Gasteiger partial charge is 0.462 e. The van der Waals surface area contributed by atoms with E-state index in [0.717, 1.165) is 180 Å². The fourth-order valence-corrected chi connectivity index (χ4v) is 12.6. The number of ether oxygens (including phenoxy) is 4. The molecule has 0 rings (SSSR count). The number of phosphoric acid groups is 2. The number of hydrogen-bond donors (Lipinski definition) is 3. The number of phosphoric ester groups is 2. The van der Waals surface area contributed by atoms with Gasteiger partial charge in [-0.2, -0.15) is 0 Å². The third kappa shape index (κ3) is 75.9. The zero-order chi connectivity index (χ0) is 76.0. The van der Waals surface area contributed by atoms with Gasteiger partial charge < -0.3 is 33.8 Å². The van der Waals surface area contributed by atoms with Crippen molar-refractivity contribution >= 4 is 39.5 Å². The van der Waals surface area contributed by atoms with Crippen LogP contribution in [0.15, 0.2) is 109 Å². The second kappa shape index (κ2) is 76.9. The SMILES string of the molecule is CC/C=C\C/C=C\C/C=C\C/C=C\C/C=C\CCCCCC(=O)OCC(COP(=O)(O)OCC(O)COP(=O)(O)OCC(COC(=O)CCCCCCC/C=C\CCCCCCCC)OC(=O)CCCCCCCCCCCCCCC)OC(=O)CCCCCCCCC/C=C\C/C=C\C/C=C\CC. The number of aliphatic hydroxyl groups excluding tert-OH is 1. The van der Waals surface area contributed by atoms with Gasteiger partial charge in [0.15, 0.2) is 12.2 Å². The van der Waals surface area contributed by atoms with Gasteiger partial charge in [0.25, 0.3) is 0 Å². The minimum absolute atomic E-state index is 0.0748. The topological polar surface area (TPSA) is 237 Å². The molecule has 17 nitrogen and oxygen atoms in total. The highest BCUT2D eigenvalue weighted by Gasteiger charge is 2.30. The molecule has 104 heavy (non-hydrogen) atoms. The summed E-state index contributed by atoms with van der Waals surface area (Å²) < 4.78 is 68.7. The molecule has 5 unspecified atom stereocenters. The summed E-state index contributed by atoms with van der Waals surface area (Å²) in [5, 5.41) is 10.7. The maximum absolute atomic E-state index is 13.1. The number of aliphatic hydroxyl groups is 1. The van der Waals surface area contributed by atoms with E-state index in [2.05, 4.69) is 137 Å². The van der Waals surface area contributed by atoms with E-state index >= 15 is 0 Å². The van der Waals surface area contributed by atoms with E-state index in [1.165, 1.54) is 89.9 Å². The van der Waals surface area contributed by atoms with Gasteiger partial charge in [0.05, 0.1) is 26.4 Å². The molecule has 5 atom stereocenters. The van der Waals surface area contributed by atoms with Crippen LogP contribution in [0.1, 0.15) is 349 Å². The number of hydrogen-bond acceptors (Lipinski definition) is 15. The first kappa shape index (κ1) is 99.7. The third-order valence-corrected chi connectivity index (χ3v) is 19.1. The van der Waals surface area contributed by atoms with E-state index < -0.39 is 97.5 Å². The molecule has 0 aromatic carbocycles. The predicted molar refractivity (Wildman–Crippen MR) is 427 cm³/mol. The summed E-state index contributed by atoms with van der Waals surface area (Å²) in [6.07, 6.45) is 83.4. The fraction of sp³-hybridized carbons (Fsp3) is 0.741. The molecule has 0 bridgehead atoms. The van der Waals surface area contributed by atoms with Crippen molar-refractivity contribution in [2.45, 2.75) is 367 Å². The largest absolute Gasteiger partial charge is 0.472 e. The van der Waals surface area contributed by atoms with E-state index in [0.29, 0.717) is 25.7 Å². The van der Waals surface area contributed by atoms with Crippen LogP contribution >= 0.6 is 15.6 Å². The summed E-state index contributed by atoms with van der Waals surface area (Å²) >= 11 is 0. The Bertz CT molecular complexity index is 2390. The highest BCUT2D eigenvalue weighted by atomic mass is 31.2. The Hall–Kier alpha value is -4.28. The second-order valence-electron chi connectivity index (χ2n) is 27.3. The monoisotopic (exact) mass is 1500 g/mol. The molecule has 0 aromatic heterocycles. The van der Waals surface area contributed by atoms with E-state index in [-0.39, 0.29) is 25.7 Å². The summed E-state index contributed by atoms with van der Waals surface area (Å²) in [6.45, 7) is 4.64. The lowest BCUT2D eigenvalue weighted by atomic mass is 10.0. The van der Waals surface area contributed by atoms with E-state index in [1.54, 1.807) is 0 Å². The molecule has 3 N–H and O–H groups in total. The van der Waals surface area contributed by atoms with Crippen LogP contribution in [-0.4, -0.2) is 96.7 Å². The normalized spacial score (nSPS) is 14.4. The van der Waals surface area contributed by atoms with Gasteiger partial charge in [0.1, 0.15) is 19.3 Å². The Balaban J connectivity index is 5.39. The van der Waals surface area contributed by atoms with Crippen LogP contribution in [0.2, 0.25) is 0 Å². The molecule has 600 valence electrons. The first-order valence-corrected chi connectivity index (χ1v) is 44.1. The number of carbonyl (C=O) groups is 4. The quantitative estimate of drug-likeness (QED) is 0.0169. The molecule has 0 amide bonds. The van der Waals surface area contributed by atoms with Crippen LogP contribution in [-0.2, 0) is 65.4 Å². The summed E-state index contributed by atoms with van der Waals surface area (Å²) in [7, 11) is -9.97. The molecule has 0 heterocycles. The van der Waals surface area contributed by atoms with Crippen LogP contribution in [0.25, 0.3) is 0 Å². The van der Waals surface area contributed by atoms with Crippen LogP contribution in [0.3, 0.4) is 0 Å². The first-order chi connectivity index (χ1) is 50.7. The minimum Gasteiger partial charge on any atom is -0.462 e. The summed E-state index contributed by atoms with van der Waals surface area (Å²) in [5.74, 6) is -2.21. The first-order valence-electron chi connectivity index (χ1n) is 41.1. The van der Waals surface area contributed by atoms with Gasteiger partial charge in [-0.05, 0) is 128 Å². The molecule has 19 heteroatoms. The minimum atomic E-state index is -4.99. The molecule has 0 aliphatic rings. The average molecular weight is 1500 g/mol. The predicted octanol–water partition coefficient (Wildman–Crippen LogP) is 24.1. The van der Waals surface area contributed by atoms with E-state index in [4.69, 9.17) is 37.0 Å². The van der Waals surface area contributed by atoms with Crippen molar-refractivity contribution in [1.29, 1.82) is 0 Å². The maximum Gasteiger partial charge on any atom is 0.472 e. The standard InChI is InChI=1S/C85H148O17P2/c1-5-9-13-17-21-25-29-33-36-38-39-41-43-47-50-54-58-62-66-70-83(88)96-76-81(102-85(90)72-68-64-60-56-52-48-44-40-37-34-30-26-22-18-14-10-6-2)78-100-104(93,94)98-74-79(86)73-97-103(91,92)99-77-80(101-84(89)71-67-63-59-55-51-45-32-28-24-20-16-12-8-4)75-95-82(87)69-65-61-57-53-49-46-42-35-31-27-23-19-15-11-7-3/h9-10,13-14,21-22,25-26,33-37,39,41-42,47,50,79-81,86H,5-8,11-12,15-20,23-24,27-32,38,40,43-46,48-49,51-78H2,1-4H3,(H,91,92)(H,93,94)/b13-9-,14-10-,25-21-,26-22-,36-33-,37-34-,41-39-,42-35-,50-47-. The number of esters is 4. The highest BCUT2D eigenvalue weighted by molar-refractivity contribution is 7.47. The number of carbonyl (C=O) groups excluding carboxylic acids is 4. The lowest BCUT2D eigenvalue weighted by Gasteiger charge is -2.21. The Morgan fingerprint density at radius 1 is 0.279 bits per heavy atom. The number of unbranched alkanes of at least 4 members (excludes halogenated alkanes) is 33. The van der Waals surface area contributed by atoms with Crippen molar-refractivity contribution in [1.82, 2.24) is 0 Å². The molecular formula is C85H148O17P2. The van der Waals surface area contributed by atoms with Crippen molar-refractivity contribution in [3.8, 4) is 0 Å². The van der Waals surface area contributed by atoms with Gasteiger partial charge >= 0.3 is 39.5 Å². The highest BCUT2D eigenvalue weighted by Crippen LogP contribution is 2.45. The molecular weight excluding hydrogens is 1350 g/mol. The van der Waals surface area contributed by atoms with Gasteiger partial charge in [-0.15, -0.1) is 0 Å². The van der Waals surface area contributed by atoms with Gasteiger partial charge in [-0.3, -0.25) is 37.3 Å². The maximum atomic E-state index is 13.1. The molecule has 0 aliphatic heterocycles. The molecule has 0 radical (unpaired) electrons. The number of rotatable bonds is 77. The van der Waals surface area contributed by atoms with Crippen LogP contribution in [0.4, 0.5) is 0 Å². The summed E-state index contributed by atoms with van der Waals surface area (Å²) in [4.78, 5) is 73.1. The molecule has 0 fully saturated rings. The Labute approximate surface area is 632 Å². The Kier molecular flexibility index (Phi) is 73.7. The molecule has 0 saturated carbocycles. The lowest BCUT2D eigenvalue weighted by molar-refractivity contribution is -0.161. The lowest BCUT2D eigenvalue weighted by Crippen LogP contribution is -2.30. The van der Waals surface area contributed by atoms with Crippen molar-refractivity contribution < 1.29 is 80.2 Å². The molecule has 0 aliphatic carbocycles. The zero-order valence-electron chi connectivity index (χ0n) is 65.7. The van der Waals surface area contributed by atoms with Gasteiger partial charge in [-0.1, -0.05) is 304 Å². The van der Waals surface area contributed by atoms with Crippen molar-refractivity contribution in [2.24, 2.45) is 0 Å². The Morgan fingerprint density at radius 2 is 0.500 bits per heavy atom. The third-order valence-electron chi connectivity index (χ3n) is 17.2. The molecule has 0 spiro atoms. The van der Waals surface area contributed by atoms with Gasteiger partial charge in [0.2, 0.25) is 0 Å². The van der Waals surface area contributed by atoms with Crippen LogP contribution in [0, 0.1) is 0 Å². The second-order valence-corrected chi connectivity index (χ2v) is 30.2. The zero-order valence-corrected chi connectivity index (χ0v) is 67.5. The van der Waals surface area contributed by atoms with Crippen molar-refractivity contribution in [3.63, 3.8) is 0 Å². The van der Waals surface area contributed by atoms with Crippen LogP contribution < -0.4 is 0 Å². The van der Waals surface area contributed by atoms with E-state index in [1.807, 2.05) is 0 Å². The van der Waals surface area contributed by atoms with Gasteiger partial charge in [-0.25, -0.2) is 9.13 Å². The average Bonchev–Trinajstić information content (AvgIpc) is 0.911. The van der Waals surface area contributed by atoms with E-state index in [9.17, 15) is 43.2 Å². The number of allylic oxidation sites excluding steroid dienone is 18. The summed E-state index contributed by atoms with van der Waals surface area (Å²) in [6, 6.07) is 0. The Morgan fingerprint density at radius 3 is 0.788 bits per heavy atom. The van der Waals surface area contributed by atoms with Crippen molar-refractivity contribution in [2.75, 3.05) is 39.6 Å². The fourth-order valence-electron chi connectivity index (χ4n) is 11.0. The van der Waals surface area contributed by atoms with Crippen LogP contribution in [0.5, 0.6) is 0 Å². The van der Waals surface area contributed by atoms with Gasteiger partial charge in [0, 0.05) is 25.7 Å². The summed E-state index contributed by atoms with van der Waals surface area (Å²) in [5.41, 5.74) is 0. The van der Waals surface area contributed by atoms with Crippen molar-refractivity contribution in [3.05, 3.63) is 109 Å². The molecule has 0 saturated heterocycles. The molecule has 0 aromatic rings.